The molecule has 2 N–H and O–H groups in total. The van der Waals surface area contributed by atoms with Crippen molar-refractivity contribution in [2.75, 3.05) is 20.2 Å². The molecule has 25 heavy (non-hydrogen) atoms. The minimum absolute atomic E-state index is 0.0558. The van der Waals surface area contributed by atoms with E-state index >= 15 is 0 Å². The molecule has 1 aliphatic rings. The second-order valence-electron chi connectivity index (χ2n) is 6.02. The van der Waals surface area contributed by atoms with Crippen molar-refractivity contribution >= 4 is 16.0 Å². The van der Waals surface area contributed by atoms with E-state index in [0.29, 0.717) is 6.54 Å². The second kappa shape index (κ2) is 6.95. The highest BCUT2D eigenvalue weighted by Gasteiger charge is 2.38. The zero-order valence-electron chi connectivity index (χ0n) is 13.8. The standard InChI is InChI=1S/C18H20N2O4S/c1-24-18(21)14-8-5-9-15(10-14)25(22,23)20-11-16(17(19)12-20)13-6-3-2-4-7-13/h2-10,16-17H,11-12,19H2,1H3/t16-,17+/m0/s1. The summed E-state index contributed by atoms with van der Waals surface area (Å²) in [6.45, 7) is 0.556. The van der Waals surface area contributed by atoms with E-state index in [-0.39, 0.29) is 29.0 Å². The predicted octanol–water partition coefficient (Wildman–Crippen LogP) is 1.59. The first kappa shape index (κ1) is 17.6. The van der Waals surface area contributed by atoms with Crippen LogP contribution >= 0.6 is 0 Å². The fraction of sp³-hybridized carbons (Fsp3) is 0.278. The Balaban J connectivity index is 1.88. The summed E-state index contributed by atoms with van der Waals surface area (Å²) < 4.78 is 31.9. The molecule has 1 saturated heterocycles. The van der Waals surface area contributed by atoms with Gasteiger partial charge in [0.15, 0.2) is 0 Å². The minimum Gasteiger partial charge on any atom is -0.465 e. The molecule has 0 radical (unpaired) electrons. The van der Waals surface area contributed by atoms with Crippen LogP contribution in [0.4, 0.5) is 0 Å². The molecule has 7 heteroatoms. The van der Waals surface area contributed by atoms with Crippen LogP contribution in [0.25, 0.3) is 0 Å². The highest BCUT2D eigenvalue weighted by Crippen LogP contribution is 2.30. The van der Waals surface area contributed by atoms with Crippen molar-refractivity contribution in [3.05, 3.63) is 65.7 Å². The predicted molar refractivity (Wildman–Crippen MR) is 93.7 cm³/mol. The summed E-state index contributed by atoms with van der Waals surface area (Å²) in [5.74, 6) is -0.628. The van der Waals surface area contributed by atoms with Crippen LogP contribution in [0.15, 0.2) is 59.5 Å². The maximum atomic E-state index is 12.9. The summed E-state index contributed by atoms with van der Waals surface area (Å²) in [6.07, 6.45) is 0. The summed E-state index contributed by atoms with van der Waals surface area (Å²) in [5, 5.41) is 0. The zero-order valence-corrected chi connectivity index (χ0v) is 14.6. The number of carbonyl (C=O) groups is 1. The number of nitrogens with two attached hydrogens (primary N) is 1. The quantitative estimate of drug-likeness (QED) is 0.836. The summed E-state index contributed by atoms with van der Waals surface area (Å²) in [7, 11) is -2.47. The number of methoxy groups -OCH3 is 1. The minimum atomic E-state index is -3.73. The Morgan fingerprint density at radius 1 is 1.12 bits per heavy atom. The molecule has 0 bridgehead atoms. The van der Waals surface area contributed by atoms with E-state index in [1.807, 2.05) is 30.3 Å². The van der Waals surface area contributed by atoms with Crippen LogP contribution in [0.3, 0.4) is 0 Å². The average molecular weight is 360 g/mol. The Bertz CT molecular complexity index is 868. The molecule has 0 spiro atoms. The van der Waals surface area contributed by atoms with E-state index in [2.05, 4.69) is 4.74 Å². The van der Waals surface area contributed by atoms with Crippen LogP contribution in [0, 0.1) is 0 Å². The number of ether oxygens (including phenoxy) is 1. The lowest BCUT2D eigenvalue weighted by molar-refractivity contribution is 0.0600. The van der Waals surface area contributed by atoms with Crippen molar-refractivity contribution in [2.45, 2.75) is 16.9 Å². The van der Waals surface area contributed by atoms with E-state index in [4.69, 9.17) is 5.73 Å². The van der Waals surface area contributed by atoms with Crippen molar-refractivity contribution in [3.8, 4) is 0 Å². The molecule has 0 unspecified atom stereocenters. The maximum Gasteiger partial charge on any atom is 0.337 e. The number of carbonyl (C=O) groups excluding carboxylic acids is 1. The van der Waals surface area contributed by atoms with E-state index in [0.717, 1.165) is 5.56 Å². The number of sulfonamides is 1. The molecule has 0 saturated carbocycles. The third-order valence-corrected chi connectivity index (χ3v) is 6.28. The van der Waals surface area contributed by atoms with Gasteiger partial charge in [-0.25, -0.2) is 13.2 Å². The Kier molecular flexibility index (Phi) is 4.89. The van der Waals surface area contributed by atoms with Crippen molar-refractivity contribution in [1.82, 2.24) is 4.31 Å². The monoisotopic (exact) mass is 360 g/mol. The lowest BCUT2D eigenvalue weighted by atomic mass is 9.95. The number of rotatable bonds is 4. The number of nitrogens with zero attached hydrogens (tertiary/aromatic N) is 1. The molecule has 132 valence electrons. The van der Waals surface area contributed by atoms with Crippen LogP contribution in [0.5, 0.6) is 0 Å². The van der Waals surface area contributed by atoms with E-state index in [1.165, 1.54) is 35.7 Å². The largest absolute Gasteiger partial charge is 0.465 e. The number of esters is 1. The third kappa shape index (κ3) is 3.44. The number of benzene rings is 2. The Labute approximate surface area is 147 Å². The molecular formula is C18H20N2O4S. The van der Waals surface area contributed by atoms with Gasteiger partial charge in [0, 0.05) is 25.0 Å². The molecule has 1 heterocycles. The van der Waals surface area contributed by atoms with Crippen molar-refractivity contribution in [2.24, 2.45) is 5.73 Å². The topological polar surface area (TPSA) is 89.7 Å². The fourth-order valence-electron chi connectivity index (χ4n) is 3.09. The van der Waals surface area contributed by atoms with Gasteiger partial charge in [0.25, 0.3) is 0 Å². The zero-order chi connectivity index (χ0) is 18.0. The summed E-state index contributed by atoms with van der Waals surface area (Å²) in [4.78, 5) is 11.7. The van der Waals surface area contributed by atoms with Gasteiger partial charge in [-0.15, -0.1) is 0 Å². The van der Waals surface area contributed by atoms with Gasteiger partial charge in [-0.2, -0.15) is 4.31 Å². The smallest absolute Gasteiger partial charge is 0.337 e. The number of hydrogen-bond donors (Lipinski definition) is 1. The molecule has 1 aliphatic heterocycles. The first-order valence-corrected chi connectivity index (χ1v) is 9.36. The van der Waals surface area contributed by atoms with Crippen molar-refractivity contribution in [3.63, 3.8) is 0 Å². The van der Waals surface area contributed by atoms with Crippen LogP contribution in [-0.4, -0.2) is 44.9 Å². The molecule has 2 aromatic rings. The SMILES string of the molecule is COC(=O)c1cccc(S(=O)(=O)N2C[C@@H](N)[C@H](c3ccccc3)C2)c1. The molecule has 3 rings (SSSR count). The maximum absolute atomic E-state index is 12.9. The summed E-state index contributed by atoms with van der Waals surface area (Å²) >= 11 is 0. The number of hydrogen-bond acceptors (Lipinski definition) is 5. The molecular weight excluding hydrogens is 340 g/mol. The first-order chi connectivity index (χ1) is 11.9. The molecule has 2 atom stereocenters. The van der Waals surface area contributed by atoms with Crippen LogP contribution < -0.4 is 5.73 Å². The van der Waals surface area contributed by atoms with Gasteiger partial charge in [-0.05, 0) is 23.8 Å². The van der Waals surface area contributed by atoms with Gasteiger partial charge in [0.05, 0.1) is 17.6 Å². The van der Waals surface area contributed by atoms with Gasteiger partial charge in [-0.1, -0.05) is 36.4 Å². The lowest BCUT2D eigenvalue weighted by Gasteiger charge is -2.17. The van der Waals surface area contributed by atoms with E-state index in [9.17, 15) is 13.2 Å². The first-order valence-electron chi connectivity index (χ1n) is 7.92. The average Bonchev–Trinajstić information content (AvgIpc) is 3.04. The van der Waals surface area contributed by atoms with Gasteiger partial charge < -0.3 is 10.5 Å². The van der Waals surface area contributed by atoms with Gasteiger partial charge in [0.2, 0.25) is 10.0 Å². The molecule has 6 nitrogen and oxygen atoms in total. The van der Waals surface area contributed by atoms with Crippen LogP contribution in [0.2, 0.25) is 0 Å². The molecule has 0 aromatic heterocycles. The molecule has 2 aromatic carbocycles. The Hall–Kier alpha value is -2.22. The normalized spacial score (nSPS) is 21.2. The fourth-order valence-corrected chi connectivity index (χ4v) is 4.64. The third-order valence-electron chi connectivity index (χ3n) is 4.45. The Morgan fingerprint density at radius 2 is 1.84 bits per heavy atom. The van der Waals surface area contributed by atoms with Crippen LogP contribution in [0.1, 0.15) is 21.8 Å². The van der Waals surface area contributed by atoms with Crippen molar-refractivity contribution < 1.29 is 17.9 Å². The molecule has 0 amide bonds. The second-order valence-corrected chi connectivity index (χ2v) is 7.96. The van der Waals surface area contributed by atoms with E-state index < -0.39 is 16.0 Å². The highest BCUT2D eigenvalue weighted by molar-refractivity contribution is 7.89. The lowest BCUT2D eigenvalue weighted by Crippen LogP contribution is -2.32. The van der Waals surface area contributed by atoms with Crippen molar-refractivity contribution in [1.29, 1.82) is 0 Å². The van der Waals surface area contributed by atoms with Gasteiger partial charge in [-0.3, -0.25) is 0 Å². The summed E-state index contributed by atoms with van der Waals surface area (Å²) in [5.41, 5.74) is 7.42. The van der Waals surface area contributed by atoms with Crippen LogP contribution in [-0.2, 0) is 14.8 Å². The highest BCUT2D eigenvalue weighted by atomic mass is 32.2. The van der Waals surface area contributed by atoms with Gasteiger partial charge in [0.1, 0.15) is 0 Å². The summed E-state index contributed by atoms with van der Waals surface area (Å²) in [6, 6.07) is 15.2. The molecule has 0 aliphatic carbocycles. The Morgan fingerprint density at radius 3 is 2.52 bits per heavy atom. The molecule has 1 fully saturated rings. The van der Waals surface area contributed by atoms with E-state index in [1.54, 1.807) is 0 Å². The van der Waals surface area contributed by atoms with Gasteiger partial charge >= 0.3 is 5.97 Å².